The standard InChI is InChI=1S/C27H22N2O6S/c1-16-8-10-22(15-23(16)27(30)31)36(32,33)29-20-9-11-25-19(12-20)13-21(35-25)14-24-17(2)34-26(28-24)18-6-4-3-5-7-18/h3-13,15,29H,14H2,1-2H3,(H,30,31). The summed E-state index contributed by atoms with van der Waals surface area (Å²) in [6, 6.07) is 20.4. The molecule has 0 aliphatic carbocycles. The van der Waals surface area contributed by atoms with Crippen LogP contribution in [0.4, 0.5) is 5.69 Å². The highest BCUT2D eigenvalue weighted by molar-refractivity contribution is 7.92. The van der Waals surface area contributed by atoms with Crippen molar-refractivity contribution in [1.82, 2.24) is 4.98 Å². The Morgan fingerprint density at radius 2 is 1.75 bits per heavy atom. The molecule has 0 amide bonds. The lowest BCUT2D eigenvalue weighted by molar-refractivity contribution is 0.0696. The van der Waals surface area contributed by atoms with Crippen LogP contribution >= 0.6 is 0 Å². The number of furan rings is 1. The highest BCUT2D eigenvalue weighted by atomic mass is 32.2. The van der Waals surface area contributed by atoms with Gasteiger partial charge >= 0.3 is 5.97 Å². The van der Waals surface area contributed by atoms with Gasteiger partial charge in [-0.15, -0.1) is 0 Å². The van der Waals surface area contributed by atoms with Crippen molar-refractivity contribution in [2.75, 3.05) is 4.72 Å². The van der Waals surface area contributed by atoms with Crippen LogP contribution in [0, 0.1) is 13.8 Å². The average molecular weight is 503 g/mol. The number of hydrogen-bond acceptors (Lipinski definition) is 6. The van der Waals surface area contributed by atoms with Crippen molar-refractivity contribution in [3.63, 3.8) is 0 Å². The first-order valence-corrected chi connectivity index (χ1v) is 12.6. The first-order valence-electron chi connectivity index (χ1n) is 11.1. The number of hydrogen-bond donors (Lipinski definition) is 2. The summed E-state index contributed by atoms with van der Waals surface area (Å²) in [5.41, 5.74) is 2.98. The van der Waals surface area contributed by atoms with E-state index in [0.717, 1.165) is 17.3 Å². The third kappa shape index (κ3) is 4.60. The van der Waals surface area contributed by atoms with Crippen molar-refractivity contribution in [1.29, 1.82) is 0 Å². The molecule has 9 heteroatoms. The number of carbonyl (C=O) groups is 1. The van der Waals surface area contributed by atoms with Gasteiger partial charge in [0.1, 0.15) is 17.1 Å². The number of aromatic carboxylic acids is 1. The molecule has 2 N–H and O–H groups in total. The minimum atomic E-state index is -3.99. The number of anilines is 1. The molecule has 0 spiro atoms. The third-order valence-corrected chi connectivity index (χ3v) is 7.20. The van der Waals surface area contributed by atoms with Gasteiger partial charge in [0.25, 0.3) is 10.0 Å². The lowest BCUT2D eigenvalue weighted by Crippen LogP contribution is -2.14. The van der Waals surface area contributed by atoms with Crippen molar-refractivity contribution >= 4 is 32.6 Å². The second kappa shape index (κ2) is 9.01. The molecule has 5 aromatic rings. The fourth-order valence-corrected chi connectivity index (χ4v) is 5.00. The SMILES string of the molecule is Cc1ccc(S(=O)(=O)Nc2ccc3oc(Cc4nc(-c5ccccc5)oc4C)cc3c2)cc1C(=O)O. The van der Waals surface area contributed by atoms with Crippen LogP contribution in [0.25, 0.3) is 22.4 Å². The maximum atomic E-state index is 12.9. The zero-order valence-corrected chi connectivity index (χ0v) is 20.3. The Hall–Kier alpha value is -4.37. The molecule has 0 unspecified atom stereocenters. The molecule has 2 aromatic heterocycles. The van der Waals surface area contributed by atoms with Crippen LogP contribution in [0.1, 0.15) is 33.1 Å². The minimum Gasteiger partial charge on any atom is -0.478 e. The summed E-state index contributed by atoms with van der Waals surface area (Å²) in [6.07, 6.45) is 0.416. The van der Waals surface area contributed by atoms with Gasteiger partial charge in [-0.3, -0.25) is 4.72 Å². The third-order valence-electron chi connectivity index (χ3n) is 5.82. The Labute approximate surface area is 207 Å². The summed E-state index contributed by atoms with van der Waals surface area (Å²) in [5.74, 6) is 0.709. The minimum absolute atomic E-state index is 0.0635. The van der Waals surface area contributed by atoms with E-state index in [1.807, 2.05) is 43.3 Å². The van der Waals surface area contributed by atoms with E-state index in [-0.39, 0.29) is 10.5 Å². The fraction of sp³-hybridized carbons (Fsp3) is 0.111. The lowest BCUT2D eigenvalue weighted by atomic mass is 10.1. The number of oxazole rings is 1. The summed E-state index contributed by atoms with van der Waals surface area (Å²) in [4.78, 5) is 15.9. The average Bonchev–Trinajstić information content (AvgIpc) is 3.41. The monoisotopic (exact) mass is 502 g/mol. The van der Waals surface area contributed by atoms with Gasteiger partial charge in [0.2, 0.25) is 5.89 Å². The normalized spacial score (nSPS) is 11.6. The highest BCUT2D eigenvalue weighted by Crippen LogP contribution is 2.28. The number of nitrogens with zero attached hydrogens (tertiary/aromatic N) is 1. The summed E-state index contributed by atoms with van der Waals surface area (Å²) in [6.45, 7) is 3.46. The summed E-state index contributed by atoms with van der Waals surface area (Å²) >= 11 is 0. The van der Waals surface area contributed by atoms with Gasteiger partial charge in [0, 0.05) is 16.6 Å². The summed E-state index contributed by atoms with van der Waals surface area (Å²) in [7, 11) is -3.99. The van der Waals surface area contributed by atoms with Crippen LogP contribution in [0.5, 0.6) is 0 Å². The van der Waals surface area contributed by atoms with Gasteiger partial charge in [-0.25, -0.2) is 18.2 Å². The number of fused-ring (bicyclic) bond motifs is 1. The van der Waals surface area contributed by atoms with Crippen LogP contribution < -0.4 is 4.72 Å². The maximum absolute atomic E-state index is 12.9. The molecule has 2 heterocycles. The first-order chi connectivity index (χ1) is 17.2. The van der Waals surface area contributed by atoms with Crippen molar-refractivity contribution < 1.29 is 27.2 Å². The smallest absolute Gasteiger partial charge is 0.335 e. The number of rotatable bonds is 7. The van der Waals surface area contributed by atoms with Gasteiger partial charge < -0.3 is 13.9 Å². The maximum Gasteiger partial charge on any atom is 0.335 e. The van der Waals surface area contributed by atoms with Gasteiger partial charge in [-0.1, -0.05) is 24.3 Å². The van der Waals surface area contributed by atoms with Crippen molar-refractivity contribution in [3.05, 3.63) is 101 Å². The Bertz CT molecular complexity index is 1700. The molecule has 36 heavy (non-hydrogen) atoms. The van der Waals surface area contributed by atoms with Gasteiger partial charge in [-0.05, 0) is 67.9 Å². The molecular formula is C27H22N2O6S. The molecule has 8 nitrogen and oxygen atoms in total. The summed E-state index contributed by atoms with van der Waals surface area (Å²) in [5, 5.41) is 10.0. The van der Waals surface area contributed by atoms with Crippen LogP contribution in [-0.2, 0) is 16.4 Å². The molecule has 0 atom stereocenters. The zero-order chi connectivity index (χ0) is 25.4. The second-order valence-corrected chi connectivity index (χ2v) is 10.1. The topological polar surface area (TPSA) is 123 Å². The Morgan fingerprint density at radius 3 is 2.50 bits per heavy atom. The lowest BCUT2D eigenvalue weighted by Gasteiger charge is -2.10. The molecule has 0 fully saturated rings. The predicted molar refractivity (Wildman–Crippen MR) is 135 cm³/mol. The van der Waals surface area contributed by atoms with E-state index in [2.05, 4.69) is 9.71 Å². The van der Waals surface area contributed by atoms with Crippen LogP contribution in [0.2, 0.25) is 0 Å². The van der Waals surface area contributed by atoms with Gasteiger partial charge in [-0.2, -0.15) is 0 Å². The quantitative estimate of drug-likeness (QED) is 0.289. The molecule has 0 aliphatic rings. The second-order valence-electron chi connectivity index (χ2n) is 8.42. The Kier molecular flexibility index (Phi) is 5.85. The molecule has 0 saturated carbocycles. The van der Waals surface area contributed by atoms with E-state index in [9.17, 15) is 18.3 Å². The fourth-order valence-electron chi connectivity index (χ4n) is 3.92. The van der Waals surface area contributed by atoms with E-state index in [1.165, 1.54) is 12.1 Å². The van der Waals surface area contributed by atoms with Crippen LogP contribution in [0.3, 0.4) is 0 Å². The largest absolute Gasteiger partial charge is 0.478 e. The number of carboxylic acid groups (broad SMARTS) is 1. The molecule has 0 aliphatic heterocycles. The van der Waals surface area contributed by atoms with Crippen LogP contribution in [0.15, 0.2) is 86.5 Å². The number of nitrogens with one attached hydrogen (secondary N) is 1. The Balaban J connectivity index is 1.38. The van der Waals surface area contributed by atoms with Crippen LogP contribution in [-0.4, -0.2) is 24.5 Å². The molecule has 5 rings (SSSR count). The van der Waals surface area contributed by atoms with E-state index in [4.69, 9.17) is 8.83 Å². The van der Waals surface area contributed by atoms with Crippen molar-refractivity contribution in [2.45, 2.75) is 25.2 Å². The number of benzene rings is 3. The zero-order valence-electron chi connectivity index (χ0n) is 19.5. The summed E-state index contributed by atoms with van der Waals surface area (Å²) < 4.78 is 40.0. The molecule has 182 valence electrons. The number of aromatic nitrogens is 1. The molecule has 0 bridgehead atoms. The molecule has 0 saturated heterocycles. The van der Waals surface area contributed by atoms with Gasteiger partial charge in [0.15, 0.2) is 0 Å². The predicted octanol–water partition coefficient (Wildman–Crippen LogP) is 5.79. The molecule has 3 aromatic carbocycles. The van der Waals surface area contributed by atoms with Crippen molar-refractivity contribution in [3.8, 4) is 11.5 Å². The number of sulfonamides is 1. The molecular weight excluding hydrogens is 480 g/mol. The van der Waals surface area contributed by atoms with Crippen molar-refractivity contribution in [2.24, 2.45) is 0 Å². The molecule has 0 radical (unpaired) electrons. The highest BCUT2D eigenvalue weighted by Gasteiger charge is 2.19. The first kappa shape index (κ1) is 23.4. The van der Waals surface area contributed by atoms with E-state index < -0.39 is 16.0 Å². The van der Waals surface area contributed by atoms with E-state index in [1.54, 1.807) is 25.1 Å². The number of carboxylic acids is 1. The van der Waals surface area contributed by atoms with E-state index >= 15 is 0 Å². The van der Waals surface area contributed by atoms with Gasteiger partial charge in [0.05, 0.1) is 22.6 Å². The Morgan fingerprint density at radius 1 is 0.972 bits per heavy atom. The van der Waals surface area contributed by atoms with E-state index in [0.29, 0.717) is 46.1 Å². The number of aryl methyl sites for hydroxylation is 2.